The van der Waals surface area contributed by atoms with E-state index in [2.05, 4.69) is 0 Å². The Bertz CT molecular complexity index is 288. The van der Waals surface area contributed by atoms with Gasteiger partial charge in [-0.25, -0.2) is 4.79 Å². The molecule has 0 aliphatic rings. The molecule has 0 aromatic heterocycles. The summed E-state index contributed by atoms with van der Waals surface area (Å²) in [4.78, 5) is 10.3. The van der Waals surface area contributed by atoms with Crippen molar-refractivity contribution >= 4 is 18.6 Å². The van der Waals surface area contributed by atoms with E-state index in [1.165, 1.54) is 24.3 Å². The first kappa shape index (κ1) is 17.1. The second-order valence-corrected chi connectivity index (χ2v) is 2.26. The van der Waals surface area contributed by atoms with E-state index >= 15 is 0 Å². The van der Waals surface area contributed by atoms with Gasteiger partial charge in [0.05, 0.1) is 5.56 Å². The average molecular weight is 210 g/mol. The molecule has 1 N–H and O–H groups in total. The van der Waals surface area contributed by atoms with E-state index in [0.29, 0.717) is 0 Å². The van der Waals surface area contributed by atoms with Crippen LogP contribution in [-0.2, 0) is 0 Å². The summed E-state index contributed by atoms with van der Waals surface area (Å²) >= 11 is 0. The molecule has 1 aromatic rings. The van der Waals surface area contributed by atoms with E-state index < -0.39 is 13.1 Å². The Morgan fingerprint density at radius 1 is 1.14 bits per heavy atom. The fourth-order valence-electron chi connectivity index (χ4n) is 0.783. The van der Waals surface area contributed by atoms with Crippen molar-refractivity contribution in [2.24, 2.45) is 0 Å². The fourth-order valence-corrected chi connectivity index (χ4v) is 0.783. The number of carbonyl (C=O) groups is 1. The van der Waals surface area contributed by atoms with Crippen LogP contribution in [0.2, 0.25) is 0 Å². The summed E-state index contributed by atoms with van der Waals surface area (Å²) in [7, 11) is -2.05. The van der Waals surface area contributed by atoms with Crippen LogP contribution in [0, 0.1) is 0 Å². The Morgan fingerprint density at radius 3 is 1.86 bits per heavy atom. The van der Waals surface area contributed by atoms with Crippen molar-refractivity contribution in [2.75, 3.05) is 0 Å². The van der Waals surface area contributed by atoms with Crippen LogP contribution in [0.3, 0.4) is 0 Å². The normalized spacial score (nSPS) is 8.14. The molecule has 4 nitrogen and oxygen atoms in total. The molecule has 62 valence electrons. The SMILES string of the molecule is O=C(O)c1ccc(B([O-])[O-])cc1.[Na+].[Na+]. The molecule has 1 aromatic carbocycles. The summed E-state index contributed by atoms with van der Waals surface area (Å²) < 4.78 is 0. The average Bonchev–Trinajstić information content (AvgIpc) is 2.04. The Balaban J connectivity index is 0. The van der Waals surface area contributed by atoms with E-state index in [1.807, 2.05) is 0 Å². The summed E-state index contributed by atoms with van der Waals surface area (Å²) in [5.74, 6) is -1.07. The molecular weight excluding hydrogens is 205 g/mol. The quantitative estimate of drug-likeness (QED) is 0.491. The minimum Gasteiger partial charge on any atom is -0.889 e. The number of hydrogen-bond donors (Lipinski definition) is 1. The van der Waals surface area contributed by atoms with Crippen LogP contribution in [0.1, 0.15) is 10.4 Å². The molecule has 0 saturated carbocycles. The van der Waals surface area contributed by atoms with E-state index in [-0.39, 0.29) is 70.1 Å². The van der Waals surface area contributed by atoms with Crippen molar-refractivity contribution in [3.05, 3.63) is 29.8 Å². The van der Waals surface area contributed by atoms with Crippen LogP contribution >= 0.6 is 0 Å². The zero-order valence-electron chi connectivity index (χ0n) is 8.06. The molecule has 14 heavy (non-hydrogen) atoms. The van der Waals surface area contributed by atoms with Crippen molar-refractivity contribution < 1.29 is 79.1 Å². The molecule has 0 amide bonds. The van der Waals surface area contributed by atoms with Crippen molar-refractivity contribution in [1.82, 2.24) is 0 Å². The van der Waals surface area contributed by atoms with Crippen molar-refractivity contribution in [2.45, 2.75) is 0 Å². The van der Waals surface area contributed by atoms with Crippen molar-refractivity contribution in [3.63, 3.8) is 0 Å². The van der Waals surface area contributed by atoms with Gasteiger partial charge in [-0.3, -0.25) is 0 Å². The second kappa shape index (κ2) is 7.90. The minimum atomic E-state index is -2.05. The van der Waals surface area contributed by atoms with Gasteiger partial charge in [0.25, 0.3) is 0 Å². The predicted molar refractivity (Wildman–Crippen MR) is 38.8 cm³/mol. The summed E-state index contributed by atoms with van der Waals surface area (Å²) in [5.41, 5.74) is 0.124. The molecule has 0 aliphatic heterocycles. The molecule has 0 unspecified atom stereocenters. The van der Waals surface area contributed by atoms with Gasteiger partial charge in [0.1, 0.15) is 0 Å². The molecule has 7 heteroatoms. The van der Waals surface area contributed by atoms with Crippen LogP contribution in [0.4, 0.5) is 0 Å². The van der Waals surface area contributed by atoms with Crippen LogP contribution in [0.15, 0.2) is 24.3 Å². The Kier molecular flexibility index (Phi) is 9.64. The zero-order chi connectivity index (χ0) is 9.14. The maximum atomic E-state index is 10.3. The second-order valence-electron chi connectivity index (χ2n) is 2.26. The predicted octanol–water partition coefficient (Wildman–Crippen LogP) is -8.19. The fraction of sp³-hybridized carbons (Fsp3) is 0. The van der Waals surface area contributed by atoms with Gasteiger partial charge in [0.2, 0.25) is 0 Å². The number of aromatic carboxylic acids is 1. The molecule has 0 saturated heterocycles. The van der Waals surface area contributed by atoms with Gasteiger partial charge in [-0.15, -0.1) is 5.46 Å². The third-order valence-electron chi connectivity index (χ3n) is 1.43. The first-order valence-corrected chi connectivity index (χ1v) is 3.26. The smallest absolute Gasteiger partial charge is 0.889 e. The number of hydrogen-bond acceptors (Lipinski definition) is 3. The molecule has 0 fully saturated rings. The topological polar surface area (TPSA) is 83.4 Å². The molecule has 0 radical (unpaired) electrons. The summed E-state index contributed by atoms with van der Waals surface area (Å²) in [6.07, 6.45) is 0. The first-order chi connectivity index (χ1) is 5.61. The molecular formula is C7H5BNa2O4. The molecule has 0 bridgehead atoms. The van der Waals surface area contributed by atoms with Crippen LogP contribution in [0.5, 0.6) is 0 Å². The maximum Gasteiger partial charge on any atom is 1.00 e. The van der Waals surface area contributed by atoms with Gasteiger partial charge in [0, 0.05) is 0 Å². The van der Waals surface area contributed by atoms with Crippen molar-refractivity contribution in [1.29, 1.82) is 0 Å². The molecule has 0 spiro atoms. The first-order valence-electron chi connectivity index (χ1n) is 3.26. The van der Waals surface area contributed by atoms with Gasteiger partial charge in [-0.05, 0) is 12.1 Å². The van der Waals surface area contributed by atoms with Gasteiger partial charge < -0.3 is 15.2 Å². The summed E-state index contributed by atoms with van der Waals surface area (Å²) in [6, 6.07) is 4.93. The van der Waals surface area contributed by atoms with Crippen LogP contribution < -0.4 is 74.6 Å². The number of carboxylic acid groups (broad SMARTS) is 1. The van der Waals surface area contributed by atoms with Gasteiger partial charge >= 0.3 is 65.1 Å². The minimum absolute atomic E-state index is 0. The van der Waals surface area contributed by atoms with Gasteiger partial charge in [-0.2, -0.15) is 0 Å². The van der Waals surface area contributed by atoms with Gasteiger partial charge in [0.15, 0.2) is 0 Å². The Labute approximate surface area is 126 Å². The maximum absolute atomic E-state index is 10.3. The van der Waals surface area contributed by atoms with Crippen LogP contribution in [0.25, 0.3) is 0 Å². The van der Waals surface area contributed by atoms with E-state index in [9.17, 15) is 14.8 Å². The van der Waals surface area contributed by atoms with Gasteiger partial charge in [-0.1, -0.05) is 19.3 Å². The van der Waals surface area contributed by atoms with E-state index in [1.54, 1.807) is 0 Å². The zero-order valence-corrected chi connectivity index (χ0v) is 12.1. The number of carboxylic acids is 1. The third-order valence-corrected chi connectivity index (χ3v) is 1.43. The van der Waals surface area contributed by atoms with E-state index in [0.717, 1.165) is 0 Å². The number of rotatable bonds is 2. The van der Waals surface area contributed by atoms with Crippen molar-refractivity contribution in [3.8, 4) is 0 Å². The largest absolute Gasteiger partial charge is 1.00 e. The van der Waals surface area contributed by atoms with Crippen LogP contribution in [-0.4, -0.2) is 18.2 Å². The number of benzene rings is 1. The molecule has 0 heterocycles. The molecule has 0 atom stereocenters. The monoisotopic (exact) mass is 210 g/mol. The molecule has 1 rings (SSSR count). The Morgan fingerprint density at radius 2 is 1.57 bits per heavy atom. The Hall–Kier alpha value is 0.675. The van der Waals surface area contributed by atoms with E-state index in [4.69, 9.17) is 5.11 Å². The summed E-state index contributed by atoms with van der Waals surface area (Å²) in [6.45, 7) is 0. The summed E-state index contributed by atoms with van der Waals surface area (Å²) in [5, 5.41) is 29.1. The standard InChI is InChI=1S/C7H5BO4.2Na/c9-7(10)5-1-3-6(4-2-5)8(11)12;;/h1-4H,(H,9,10);;/q-2;2*+1. The third kappa shape index (κ3) is 4.95. The molecule has 0 aliphatic carbocycles.